The molecule has 0 aliphatic carbocycles. The maximum absolute atomic E-state index is 6.32. The third-order valence-electron chi connectivity index (χ3n) is 3.61. The van der Waals surface area contributed by atoms with Crippen molar-refractivity contribution >= 4 is 11.6 Å². The highest BCUT2D eigenvalue weighted by atomic mass is 35.5. The van der Waals surface area contributed by atoms with Crippen LogP contribution >= 0.6 is 11.6 Å². The molecule has 4 heteroatoms. The van der Waals surface area contributed by atoms with E-state index in [0.717, 1.165) is 34.1 Å². The Hall–Kier alpha value is -1.71. The molecule has 0 saturated carbocycles. The van der Waals surface area contributed by atoms with Crippen molar-refractivity contribution in [1.82, 2.24) is 5.32 Å². The van der Waals surface area contributed by atoms with Gasteiger partial charge >= 0.3 is 0 Å². The van der Waals surface area contributed by atoms with E-state index in [2.05, 4.69) is 11.4 Å². The van der Waals surface area contributed by atoms with Gasteiger partial charge in [0, 0.05) is 11.4 Å². The first kappa shape index (κ1) is 14.2. The zero-order valence-electron chi connectivity index (χ0n) is 11.9. The summed E-state index contributed by atoms with van der Waals surface area (Å²) in [6.45, 7) is 1.39. The van der Waals surface area contributed by atoms with Crippen LogP contribution in [0.15, 0.2) is 42.5 Å². The second-order valence-corrected chi connectivity index (χ2v) is 5.41. The van der Waals surface area contributed by atoms with Crippen LogP contribution in [-0.2, 0) is 0 Å². The fourth-order valence-corrected chi connectivity index (χ4v) is 2.82. The Bertz CT molecular complexity index is 630. The third-order valence-corrected chi connectivity index (χ3v) is 3.95. The second kappa shape index (κ2) is 6.37. The van der Waals surface area contributed by atoms with Gasteiger partial charge in [-0.15, -0.1) is 0 Å². The van der Waals surface area contributed by atoms with Crippen LogP contribution in [0, 0.1) is 0 Å². The minimum Gasteiger partial charge on any atom is -0.490 e. The van der Waals surface area contributed by atoms with Crippen LogP contribution in [0.25, 0.3) is 0 Å². The van der Waals surface area contributed by atoms with E-state index in [-0.39, 0.29) is 6.04 Å². The maximum atomic E-state index is 6.32. The molecule has 110 valence electrons. The summed E-state index contributed by atoms with van der Waals surface area (Å²) >= 11 is 6.32. The van der Waals surface area contributed by atoms with Crippen LogP contribution in [0.3, 0.4) is 0 Å². The molecular weight excluding hydrogens is 286 g/mol. The molecule has 1 atom stereocenters. The van der Waals surface area contributed by atoms with Crippen LogP contribution < -0.4 is 14.8 Å². The molecule has 0 amide bonds. The highest BCUT2D eigenvalue weighted by molar-refractivity contribution is 6.31. The van der Waals surface area contributed by atoms with E-state index in [0.29, 0.717) is 13.2 Å². The Balaban J connectivity index is 1.98. The molecule has 2 aromatic carbocycles. The number of ether oxygens (including phenoxy) is 2. The van der Waals surface area contributed by atoms with Crippen LogP contribution in [0.1, 0.15) is 23.6 Å². The van der Waals surface area contributed by atoms with Crippen LogP contribution in [-0.4, -0.2) is 20.3 Å². The number of rotatable bonds is 3. The molecule has 1 N–H and O–H groups in total. The summed E-state index contributed by atoms with van der Waals surface area (Å²) in [5, 5.41) is 4.07. The highest BCUT2D eigenvalue weighted by Crippen LogP contribution is 2.35. The normalized spacial score (nSPS) is 15.3. The number of benzene rings is 2. The second-order valence-electron chi connectivity index (χ2n) is 5.00. The molecule has 21 heavy (non-hydrogen) atoms. The summed E-state index contributed by atoms with van der Waals surface area (Å²) in [6.07, 6.45) is 0.907. The SMILES string of the molecule is CNC(c1ccc2c(c1)OCCCO2)c1ccccc1Cl. The summed E-state index contributed by atoms with van der Waals surface area (Å²) in [6, 6.07) is 14.0. The Labute approximate surface area is 129 Å². The number of halogens is 1. The first-order valence-corrected chi connectivity index (χ1v) is 7.48. The number of fused-ring (bicyclic) bond motifs is 1. The Morgan fingerprint density at radius 1 is 1.05 bits per heavy atom. The van der Waals surface area contributed by atoms with Crippen molar-refractivity contribution < 1.29 is 9.47 Å². The van der Waals surface area contributed by atoms with Gasteiger partial charge in [-0.25, -0.2) is 0 Å². The quantitative estimate of drug-likeness (QED) is 0.935. The molecule has 0 aromatic heterocycles. The van der Waals surface area contributed by atoms with Gasteiger partial charge in [0.05, 0.1) is 19.3 Å². The van der Waals surface area contributed by atoms with E-state index in [1.807, 2.05) is 43.4 Å². The van der Waals surface area contributed by atoms with Crippen molar-refractivity contribution in [3.63, 3.8) is 0 Å². The van der Waals surface area contributed by atoms with Gasteiger partial charge in [0.15, 0.2) is 11.5 Å². The summed E-state index contributed by atoms with van der Waals surface area (Å²) < 4.78 is 11.4. The molecule has 0 bridgehead atoms. The molecule has 3 nitrogen and oxygen atoms in total. The van der Waals surface area contributed by atoms with Crippen molar-refractivity contribution in [2.24, 2.45) is 0 Å². The van der Waals surface area contributed by atoms with Crippen molar-refractivity contribution in [3.8, 4) is 11.5 Å². The lowest BCUT2D eigenvalue weighted by atomic mass is 9.98. The molecule has 1 aliphatic rings. The average molecular weight is 304 g/mol. The van der Waals surface area contributed by atoms with Gasteiger partial charge in [-0.05, 0) is 36.4 Å². The minimum atomic E-state index is 0.0239. The lowest BCUT2D eigenvalue weighted by Crippen LogP contribution is -2.18. The first-order valence-electron chi connectivity index (χ1n) is 7.11. The van der Waals surface area contributed by atoms with Crippen LogP contribution in [0.2, 0.25) is 5.02 Å². The molecule has 2 aromatic rings. The summed E-state index contributed by atoms with van der Waals surface area (Å²) in [4.78, 5) is 0. The number of hydrogen-bond acceptors (Lipinski definition) is 3. The van der Waals surface area contributed by atoms with Gasteiger partial charge in [0.25, 0.3) is 0 Å². The van der Waals surface area contributed by atoms with Crippen LogP contribution in [0.5, 0.6) is 11.5 Å². The van der Waals surface area contributed by atoms with E-state index < -0.39 is 0 Å². The van der Waals surface area contributed by atoms with Crippen LogP contribution in [0.4, 0.5) is 0 Å². The number of nitrogens with one attached hydrogen (secondary N) is 1. The van der Waals surface area contributed by atoms with Gasteiger partial charge < -0.3 is 14.8 Å². The van der Waals surface area contributed by atoms with E-state index in [1.165, 1.54) is 0 Å². The largest absolute Gasteiger partial charge is 0.490 e. The van der Waals surface area contributed by atoms with E-state index in [4.69, 9.17) is 21.1 Å². The third kappa shape index (κ3) is 2.99. The molecule has 1 heterocycles. The molecule has 0 radical (unpaired) electrons. The Morgan fingerprint density at radius 2 is 1.81 bits per heavy atom. The van der Waals surface area contributed by atoms with Gasteiger partial charge in [-0.1, -0.05) is 35.9 Å². The molecule has 0 fully saturated rings. The minimum absolute atomic E-state index is 0.0239. The molecule has 0 saturated heterocycles. The fourth-order valence-electron chi connectivity index (χ4n) is 2.57. The first-order chi connectivity index (χ1) is 10.3. The topological polar surface area (TPSA) is 30.5 Å². The lowest BCUT2D eigenvalue weighted by molar-refractivity contribution is 0.297. The van der Waals surface area contributed by atoms with E-state index in [1.54, 1.807) is 0 Å². The molecule has 1 aliphatic heterocycles. The standard InChI is InChI=1S/C17H18ClNO2/c1-19-17(13-5-2-3-6-14(13)18)12-7-8-15-16(11-12)21-10-4-9-20-15/h2-3,5-8,11,17,19H,4,9-10H2,1H3. The smallest absolute Gasteiger partial charge is 0.161 e. The summed E-state index contributed by atoms with van der Waals surface area (Å²) in [5.41, 5.74) is 2.16. The fraction of sp³-hybridized carbons (Fsp3) is 0.294. The Kier molecular flexibility index (Phi) is 4.32. The van der Waals surface area contributed by atoms with Crippen molar-refractivity contribution in [2.45, 2.75) is 12.5 Å². The Morgan fingerprint density at radius 3 is 2.57 bits per heavy atom. The monoisotopic (exact) mass is 303 g/mol. The highest BCUT2D eigenvalue weighted by Gasteiger charge is 2.18. The lowest BCUT2D eigenvalue weighted by Gasteiger charge is -2.20. The summed E-state index contributed by atoms with van der Waals surface area (Å²) in [5.74, 6) is 1.61. The van der Waals surface area contributed by atoms with Crippen molar-refractivity contribution in [1.29, 1.82) is 0 Å². The van der Waals surface area contributed by atoms with Gasteiger partial charge in [0.2, 0.25) is 0 Å². The molecular formula is C17H18ClNO2. The van der Waals surface area contributed by atoms with E-state index in [9.17, 15) is 0 Å². The van der Waals surface area contributed by atoms with Gasteiger partial charge in [0.1, 0.15) is 0 Å². The zero-order valence-corrected chi connectivity index (χ0v) is 12.7. The zero-order chi connectivity index (χ0) is 14.7. The maximum Gasteiger partial charge on any atom is 0.161 e. The number of hydrogen-bond donors (Lipinski definition) is 1. The molecule has 0 spiro atoms. The predicted molar refractivity (Wildman–Crippen MR) is 84.4 cm³/mol. The van der Waals surface area contributed by atoms with Crippen molar-refractivity contribution in [2.75, 3.05) is 20.3 Å². The van der Waals surface area contributed by atoms with Gasteiger partial charge in [-0.2, -0.15) is 0 Å². The summed E-state index contributed by atoms with van der Waals surface area (Å²) in [7, 11) is 1.93. The average Bonchev–Trinajstić information content (AvgIpc) is 2.75. The molecule has 3 rings (SSSR count). The van der Waals surface area contributed by atoms with E-state index >= 15 is 0 Å². The van der Waals surface area contributed by atoms with Crippen molar-refractivity contribution in [3.05, 3.63) is 58.6 Å². The van der Waals surface area contributed by atoms with Gasteiger partial charge in [-0.3, -0.25) is 0 Å². The predicted octanol–water partition coefficient (Wildman–Crippen LogP) is 3.81. The molecule has 1 unspecified atom stereocenters.